The molecule has 1 aliphatic heterocycles. The number of ether oxygens (including phenoxy) is 1. The van der Waals surface area contributed by atoms with Crippen LogP contribution >= 0.6 is 24.0 Å². The minimum absolute atomic E-state index is 0. The molecule has 1 atom stereocenters. The molecule has 0 saturated carbocycles. The average Bonchev–Trinajstić information content (AvgIpc) is 2.53. The van der Waals surface area contributed by atoms with Gasteiger partial charge in [-0.25, -0.2) is 0 Å². The maximum absolute atomic E-state index is 11.6. The van der Waals surface area contributed by atoms with Crippen molar-refractivity contribution in [3.8, 4) is 0 Å². The van der Waals surface area contributed by atoms with Crippen molar-refractivity contribution in [2.24, 2.45) is 10.9 Å². The van der Waals surface area contributed by atoms with Gasteiger partial charge < -0.3 is 20.3 Å². The molecule has 142 valence electrons. The van der Waals surface area contributed by atoms with E-state index in [0.717, 1.165) is 38.8 Å². The average molecular weight is 455 g/mol. The Hall–Kier alpha value is -0.610. The van der Waals surface area contributed by atoms with Gasteiger partial charge in [0.1, 0.15) is 0 Å². The van der Waals surface area contributed by atoms with Crippen LogP contribution in [0.1, 0.15) is 20.3 Å². The number of guanidine groups is 1. The van der Waals surface area contributed by atoms with E-state index in [1.54, 1.807) is 26.0 Å². The number of morpholine rings is 1. The van der Waals surface area contributed by atoms with Gasteiger partial charge in [-0.2, -0.15) is 0 Å². The van der Waals surface area contributed by atoms with Crippen LogP contribution in [0.15, 0.2) is 4.99 Å². The summed E-state index contributed by atoms with van der Waals surface area (Å²) in [6.07, 6.45) is 0.463. The highest BCUT2D eigenvalue weighted by Gasteiger charge is 2.23. The summed E-state index contributed by atoms with van der Waals surface area (Å²) in [5, 5.41) is 6.58. The zero-order valence-corrected chi connectivity index (χ0v) is 18.0. The predicted molar refractivity (Wildman–Crippen MR) is 109 cm³/mol. The highest BCUT2D eigenvalue weighted by atomic mass is 127. The van der Waals surface area contributed by atoms with Crippen LogP contribution in [0.4, 0.5) is 0 Å². The van der Waals surface area contributed by atoms with Gasteiger partial charge in [0, 0.05) is 59.8 Å². The number of nitrogens with one attached hydrogen (secondary N) is 2. The molecule has 7 nitrogen and oxygen atoms in total. The highest BCUT2D eigenvalue weighted by molar-refractivity contribution is 14.0. The maximum Gasteiger partial charge on any atom is 0.223 e. The minimum Gasteiger partial charge on any atom is -0.379 e. The topological polar surface area (TPSA) is 69.2 Å². The number of amides is 1. The van der Waals surface area contributed by atoms with E-state index in [0.29, 0.717) is 24.9 Å². The molecule has 1 unspecified atom stereocenters. The van der Waals surface area contributed by atoms with Gasteiger partial charge in [0.2, 0.25) is 5.91 Å². The lowest BCUT2D eigenvalue weighted by atomic mass is 10.0. The first-order chi connectivity index (χ1) is 11.0. The first kappa shape index (κ1) is 23.4. The Kier molecular flexibility index (Phi) is 12.4. The van der Waals surface area contributed by atoms with Crippen molar-refractivity contribution in [2.45, 2.75) is 26.3 Å². The van der Waals surface area contributed by atoms with Gasteiger partial charge in [0.15, 0.2) is 5.96 Å². The van der Waals surface area contributed by atoms with E-state index in [4.69, 9.17) is 4.74 Å². The summed E-state index contributed by atoms with van der Waals surface area (Å²) in [5.41, 5.74) is 0. The second-order valence-corrected chi connectivity index (χ2v) is 6.38. The molecule has 1 amide bonds. The molecule has 1 heterocycles. The number of carbonyl (C=O) groups is 1. The van der Waals surface area contributed by atoms with E-state index >= 15 is 0 Å². The molecule has 0 aliphatic carbocycles. The van der Waals surface area contributed by atoms with E-state index in [1.165, 1.54) is 0 Å². The van der Waals surface area contributed by atoms with Gasteiger partial charge in [-0.1, -0.05) is 13.8 Å². The molecule has 2 N–H and O–H groups in total. The second-order valence-electron chi connectivity index (χ2n) is 6.38. The van der Waals surface area contributed by atoms with Crippen molar-refractivity contribution < 1.29 is 9.53 Å². The number of halogens is 1. The summed E-state index contributed by atoms with van der Waals surface area (Å²) >= 11 is 0. The molecular formula is C16H34IN5O2. The normalized spacial score (nSPS) is 17.2. The zero-order valence-electron chi connectivity index (χ0n) is 15.7. The second kappa shape index (κ2) is 12.7. The van der Waals surface area contributed by atoms with Crippen molar-refractivity contribution in [3.05, 3.63) is 0 Å². The molecule has 0 aromatic rings. The van der Waals surface area contributed by atoms with E-state index in [-0.39, 0.29) is 29.9 Å². The molecule has 0 spiro atoms. The lowest BCUT2D eigenvalue weighted by Crippen LogP contribution is -2.52. The monoisotopic (exact) mass is 455 g/mol. The lowest BCUT2D eigenvalue weighted by Gasteiger charge is -2.37. The first-order valence-corrected chi connectivity index (χ1v) is 8.42. The Labute approximate surface area is 163 Å². The van der Waals surface area contributed by atoms with Crippen LogP contribution in [0.2, 0.25) is 0 Å². The molecule has 1 fully saturated rings. The van der Waals surface area contributed by atoms with Crippen LogP contribution in [0.5, 0.6) is 0 Å². The molecule has 0 bridgehead atoms. The fraction of sp³-hybridized carbons (Fsp3) is 0.875. The lowest BCUT2D eigenvalue weighted by molar-refractivity contribution is -0.128. The number of hydrogen-bond donors (Lipinski definition) is 2. The van der Waals surface area contributed by atoms with Crippen molar-refractivity contribution in [1.29, 1.82) is 0 Å². The smallest absolute Gasteiger partial charge is 0.223 e. The van der Waals surface area contributed by atoms with Crippen LogP contribution in [0.25, 0.3) is 0 Å². The Bertz CT molecular complexity index is 385. The molecule has 24 heavy (non-hydrogen) atoms. The van der Waals surface area contributed by atoms with Gasteiger partial charge >= 0.3 is 0 Å². The Morgan fingerprint density at radius 3 is 2.38 bits per heavy atom. The molecule has 1 rings (SSSR count). The Morgan fingerprint density at radius 2 is 1.88 bits per heavy atom. The largest absolute Gasteiger partial charge is 0.379 e. The third kappa shape index (κ3) is 8.48. The van der Waals surface area contributed by atoms with Gasteiger partial charge in [-0.3, -0.25) is 14.7 Å². The van der Waals surface area contributed by atoms with Crippen LogP contribution in [0, 0.1) is 5.92 Å². The molecule has 8 heteroatoms. The Morgan fingerprint density at radius 1 is 1.25 bits per heavy atom. The molecule has 0 aromatic carbocycles. The predicted octanol–water partition coefficient (Wildman–Crippen LogP) is 0.605. The van der Waals surface area contributed by atoms with E-state index in [1.807, 2.05) is 0 Å². The fourth-order valence-corrected chi connectivity index (χ4v) is 2.63. The molecule has 1 aliphatic rings. The summed E-state index contributed by atoms with van der Waals surface area (Å²) in [5.74, 6) is 1.41. The van der Waals surface area contributed by atoms with Gasteiger partial charge in [-0.05, 0) is 5.92 Å². The van der Waals surface area contributed by atoms with Gasteiger partial charge in [0.25, 0.3) is 0 Å². The number of nitrogens with zero attached hydrogens (tertiary/aromatic N) is 3. The Balaban J connectivity index is 0.00000529. The fourth-order valence-electron chi connectivity index (χ4n) is 2.63. The summed E-state index contributed by atoms with van der Waals surface area (Å²) in [7, 11) is 5.29. The highest BCUT2D eigenvalue weighted by Crippen LogP contribution is 2.12. The third-order valence-corrected chi connectivity index (χ3v) is 4.12. The standard InChI is InChI=1S/C16H33N5O2.HI/c1-13(2)14(21-8-10-23-11-9-21)12-19-16(17-3)18-7-6-15(22)20(4)5;/h13-14H,6-12H2,1-5H3,(H2,17,18,19);1H. The summed E-state index contributed by atoms with van der Waals surface area (Å²) in [4.78, 5) is 19.9. The van der Waals surface area contributed by atoms with Crippen molar-refractivity contribution in [3.63, 3.8) is 0 Å². The summed E-state index contributed by atoms with van der Waals surface area (Å²) < 4.78 is 5.44. The summed E-state index contributed by atoms with van der Waals surface area (Å²) in [6, 6.07) is 0.445. The number of rotatable bonds is 7. The molecule has 0 aromatic heterocycles. The van der Waals surface area contributed by atoms with Crippen molar-refractivity contribution in [1.82, 2.24) is 20.4 Å². The number of aliphatic imine (C=N–C) groups is 1. The van der Waals surface area contributed by atoms with E-state index in [2.05, 4.69) is 34.4 Å². The SMILES string of the molecule is CN=C(NCCC(=O)N(C)C)NCC(C(C)C)N1CCOCC1.I. The maximum atomic E-state index is 11.6. The molecular weight excluding hydrogens is 421 g/mol. The number of carbonyl (C=O) groups excluding carboxylic acids is 1. The van der Waals surface area contributed by atoms with Crippen LogP contribution in [-0.2, 0) is 9.53 Å². The van der Waals surface area contributed by atoms with Crippen LogP contribution in [0.3, 0.4) is 0 Å². The zero-order chi connectivity index (χ0) is 17.2. The first-order valence-electron chi connectivity index (χ1n) is 8.42. The van der Waals surface area contributed by atoms with Crippen molar-refractivity contribution >= 4 is 35.8 Å². The van der Waals surface area contributed by atoms with E-state index in [9.17, 15) is 4.79 Å². The van der Waals surface area contributed by atoms with Crippen LogP contribution < -0.4 is 10.6 Å². The quantitative estimate of drug-likeness (QED) is 0.335. The number of hydrogen-bond acceptors (Lipinski definition) is 4. The van der Waals surface area contributed by atoms with Crippen molar-refractivity contribution in [2.75, 3.05) is 60.5 Å². The summed E-state index contributed by atoms with van der Waals surface area (Å²) in [6.45, 7) is 9.48. The van der Waals surface area contributed by atoms with Gasteiger partial charge in [-0.15, -0.1) is 24.0 Å². The minimum atomic E-state index is 0. The molecule has 1 saturated heterocycles. The third-order valence-electron chi connectivity index (χ3n) is 4.12. The van der Waals surface area contributed by atoms with Gasteiger partial charge in [0.05, 0.1) is 13.2 Å². The van der Waals surface area contributed by atoms with E-state index < -0.39 is 0 Å². The molecule has 0 radical (unpaired) electrons. The van der Waals surface area contributed by atoms with Crippen LogP contribution in [-0.4, -0.2) is 88.2 Å².